The molecule has 1 amide bonds. The lowest BCUT2D eigenvalue weighted by Crippen LogP contribution is -2.14. The molecule has 0 saturated carbocycles. The van der Waals surface area contributed by atoms with Crippen molar-refractivity contribution < 1.29 is 4.79 Å². The number of carbonyl (C=O) groups excluding carboxylic acids is 1. The minimum atomic E-state index is -0.0297. The molecule has 1 aliphatic rings. The number of nitrogens with zero attached hydrogens (tertiary/aromatic N) is 4. The van der Waals surface area contributed by atoms with Crippen LogP contribution in [0, 0.1) is 0 Å². The van der Waals surface area contributed by atoms with E-state index in [1.807, 2.05) is 0 Å². The Hall–Kier alpha value is -1.76. The first-order valence-corrected chi connectivity index (χ1v) is 6.74. The van der Waals surface area contributed by atoms with Crippen LogP contribution in [0.4, 0.5) is 5.13 Å². The summed E-state index contributed by atoms with van der Waals surface area (Å²) in [5.74, 6) is -0.0297. The lowest BCUT2D eigenvalue weighted by molar-refractivity contribution is -0.116. The Balaban J connectivity index is 1.54. The normalized spacial score (nSPS) is 13.6. The molecule has 0 bridgehead atoms. The highest BCUT2D eigenvalue weighted by molar-refractivity contribution is 7.15. The number of nitrogens with one attached hydrogen (secondary N) is 1. The quantitative estimate of drug-likeness (QED) is 0.901. The second kappa shape index (κ2) is 4.85. The summed E-state index contributed by atoms with van der Waals surface area (Å²) in [6.45, 7) is 0.539. The van der Waals surface area contributed by atoms with Crippen molar-refractivity contribution in [3.05, 3.63) is 23.2 Å². The molecule has 0 fully saturated rings. The van der Waals surface area contributed by atoms with Crippen molar-refractivity contribution in [1.82, 2.24) is 19.7 Å². The van der Waals surface area contributed by atoms with Crippen LogP contribution in [-0.2, 0) is 24.2 Å². The van der Waals surface area contributed by atoms with Gasteiger partial charge in [0.05, 0.1) is 12.2 Å². The number of aryl methyl sites for hydroxylation is 3. The van der Waals surface area contributed by atoms with E-state index in [1.54, 1.807) is 22.3 Å². The first-order chi connectivity index (χ1) is 8.81. The van der Waals surface area contributed by atoms with Crippen molar-refractivity contribution in [3.63, 3.8) is 0 Å². The summed E-state index contributed by atoms with van der Waals surface area (Å²) in [6, 6.07) is 0. The SMILES string of the molecule is O=C(CCn1cncn1)Nc1nc2c(s1)CCC2. The Kier molecular flexibility index (Phi) is 3.06. The number of carbonyl (C=O) groups is 1. The van der Waals surface area contributed by atoms with Crippen LogP contribution in [-0.4, -0.2) is 25.7 Å². The van der Waals surface area contributed by atoms with Gasteiger partial charge in [0.2, 0.25) is 5.91 Å². The summed E-state index contributed by atoms with van der Waals surface area (Å²) >= 11 is 1.60. The molecule has 3 rings (SSSR count). The molecule has 2 aromatic rings. The number of aromatic nitrogens is 4. The molecule has 6 nitrogen and oxygen atoms in total. The van der Waals surface area contributed by atoms with E-state index in [1.165, 1.54) is 17.6 Å². The zero-order valence-electron chi connectivity index (χ0n) is 9.80. The van der Waals surface area contributed by atoms with E-state index in [0.29, 0.717) is 13.0 Å². The molecule has 7 heteroatoms. The molecular formula is C11H13N5OS. The van der Waals surface area contributed by atoms with Gasteiger partial charge in [-0.1, -0.05) is 0 Å². The highest BCUT2D eigenvalue weighted by Crippen LogP contribution is 2.30. The average Bonchev–Trinajstić information content (AvgIpc) is 3.01. The van der Waals surface area contributed by atoms with Crippen LogP contribution in [0.15, 0.2) is 12.7 Å². The smallest absolute Gasteiger partial charge is 0.228 e. The highest BCUT2D eigenvalue weighted by Gasteiger charge is 2.17. The van der Waals surface area contributed by atoms with Gasteiger partial charge in [-0.15, -0.1) is 11.3 Å². The summed E-state index contributed by atoms with van der Waals surface area (Å²) in [6.07, 6.45) is 6.78. The molecule has 2 heterocycles. The van der Waals surface area contributed by atoms with Crippen molar-refractivity contribution in [2.24, 2.45) is 0 Å². The molecule has 0 atom stereocenters. The topological polar surface area (TPSA) is 72.7 Å². The fraction of sp³-hybridized carbons (Fsp3) is 0.455. The molecule has 94 valence electrons. The molecule has 18 heavy (non-hydrogen) atoms. The van der Waals surface area contributed by atoms with E-state index in [-0.39, 0.29) is 5.91 Å². The van der Waals surface area contributed by atoms with Crippen LogP contribution >= 0.6 is 11.3 Å². The Bertz CT molecular complexity index is 526. The number of hydrogen-bond acceptors (Lipinski definition) is 5. The summed E-state index contributed by atoms with van der Waals surface area (Å²) in [5, 5.41) is 7.51. The van der Waals surface area contributed by atoms with Crippen molar-refractivity contribution in [3.8, 4) is 0 Å². The maximum atomic E-state index is 11.7. The van der Waals surface area contributed by atoms with Gasteiger partial charge >= 0.3 is 0 Å². The number of hydrogen-bond donors (Lipinski definition) is 1. The van der Waals surface area contributed by atoms with Gasteiger partial charge in [0.15, 0.2) is 5.13 Å². The van der Waals surface area contributed by atoms with Gasteiger partial charge in [-0.05, 0) is 19.3 Å². The third kappa shape index (κ3) is 2.40. The maximum Gasteiger partial charge on any atom is 0.228 e. The molecule has 1 N–H and O–H groups in total. The lowest BCUT2D eigenvalue weighted by Gasteiger charge is -2.01. The first kappa shape index (κ1) is 11.3. The van der Waals surface area contributed by atoms with Gasteiger partial charge in [0.1, 0.15) is 12.7 Å². The van der Waals surface area contributed by atoms with Gasteiger partial charge < -0.3 is 5.32 Å². The summed E-state index contributed by atoms with van der Waals surface area (Å²) in [5.41, 5.74) is 1.16. The third-order valence-electron chi connectivity index (χ3n) is 2.88. The Morgan fingerprint density at radius 1 is 1.50 bits per heavy atom. The van der Waals surface area contributed by atoms with Gasteiger partial charge in [-0.25, -0.2) is 9.97 Å². The zero-order chi connectivity index (χ0) is 12.4. The number of fused-ring (bicyclic) bond motifs is 1. The van der Waals surface area contributed by atoms with E-state index in [0.717, 1.165) is 23.7 Å². The predicted octanol–water partition coefficient (Wildman–Crippen LogP) is 1.25. The van der Waals surface area contributed by atoms with Crippen molar-refractivity contribution in [1.29, 1.82) is 0 Å². The minimum Gasteiger partial charge on any atom is -0.302 e. The van der Waals surface area contributed by atoms with Crippen LogP contribution < -0.4 is 5.32 Å². The number of anilines is 1. The van der Waals surface area contributed by atoms with E-state index in [9.17, 15) is 4.79 Å². The number of thiazole rings is 1. The van der Waals surface area contributed by atoms with Crippen LogP contribution in [0.5, 0.6) is 0 Å². The first-order valence-electron chi connectivity index (χ1n) is 5.92. The predicted molar refractivity (Wildman–Crippen MR) is 67.4 cm³/mol. The van der Waals surface area contributed by atoms with Gasteiger partial charge in [-0.3, -0.25) is 9.48 Å². The van der Waals surface area contributed by atoms with Crippen LogP contribution in [0.2, 0.25) is 0 Å². The fourth-order valence-electron chi connectivity index (χ4n) is 1.99. The Morgan fingerprint density at radius 3 is 3.22 bits per heavy atom. The van der Waals surface area contributed by atoms with Crippen molar-refractivity contribution in [2.75, 3.05) is 5.32 Å². The molecule has 0 unspecified atom stereocenters. The number of amides is 1. The molecule has 0 aliphatic heterocycles. The van der Waals surface area contributed by atoms with Crippen molar-refractivity contribution in [2.45, 2.75) is 32.2 Å². The van der Waals surface area contributed by atoms with E-state index in [4.69, 9.17) is 0 Å². The zero-order valence-corrected chi connectivity index (χ0v) is 10.6. The highest BCUT2D eigenvalue weighted by atomic mass is 32.1. The van der Waals surface area contributed by atoms with E-state index < -0.39 is 0 Å². The van der Waals surface area contributed by atoms with Gasteiger partial charge in [-0.2, -0.15) is 5.10 Å². The monoisotopic (exact) mass is 263 g/mol. The minimum absolute atomic E-state index is 0.0297. The second-order valence-corrected chi connectivity index (χ2v) is 5.28. The van der Waals surface area contributed by atoms with Crippen LogP contribution in [0.3, 0.4) is 0 Å². The van der Waals surface area contributed by atoms with Gasteiger partial charge in [0.25, 0.3) is 0 Å². The Morgan fingerprint density at radius 2 is 2.44 bits per heavy atom. The molecule has 2 aromatic heterocycles. The molecule has 0 saturated heterocycles. The van der Waals surface area contributed by atoms with Gasteiger partial charge in [0, 0.05) is 11.3 Å². The van der Waals surface area contributed by atoms with Crippen LogP contribution in [0.25, 0.3) is 0 Å². The summed E-state index contributed by atoms with van der Waals surface area (Å²) < 4.78 is 1.64. The molecule has 0 radical (unpaired) electrons. The number of rotatable bonds is 4. The summed E-state index contributed by atoms with van der Waals surface area (Å²) in [4.78, 5) is 21.3. The molecule has 0 aromatic carbocycles. The van der Waals surface area contributed by atoms with E-state index >= 15 is 0 Å². The largest absolute Gasteiger partial charge is 0.302 e. The molecule has 0 spiro atoms. The summed E-state index contributed by atoms with van der Waals surface area (Å²) in [7, 11) is 0. The third-order valence-corrected chi connectivity index (χ3v) is 3.95. The Labute approximate surface area is 108 Å². The fourth-order valence-corrected chi connectivity index (χ4v) is 3.06. The van der Waals surface area contributed by atoms with Crippen LogP contribution in [0.1, 0.15) is 23.4 Å². The molecule has 1 aliphatic carbocycles. The standard InChI is InChI=1S/C11H13N5OS/c17-10(4-5-16-7-12-6-13-16)15-11-14-8-2-1-3-9(8)18-11/h6-7H,1-5H2,(H,14,15,17). The van der Waals surface area contributed by atoms with E-state index in [2.05, 4.69) is 20.4 Å². The lowest BCUT2D eigenvalue weighted by atomic mass is 10.4. The van der Waals surface area contributed by atoms with Crippen molar-refractivity contribution >= 4 is 22.4 Å². The maximum absolute atomic E-state index is 11.7. The second-order valence-electron chi connectivity index (χ2n) is 4.20. The average molecular weight is 263 g/mol. The molecular weight excluding hydrogens is 250 g/mol.